The van der Waals surface area contributed by atoms with Crippen molar-refractivity contribution in [3.8, 4) is 0 Å². The van der Waals surface area contributed by atoms with Gasteiger partial charge < -0.3 is 0 Å². The zero-order valence-corrected chi connectivity index (χ0v) is 8.51. The highest BCUT2D eigenvalue weighted by Gasteiger charge is 2.16. The molecular weight excluding hydrogens is 142 g/mol. The highest BCUT2D eigenvalue weighted by molar-refractivity contribution is 8.33. The summed E-state index contributed by atoms with van der Waals surface area (Å²) in [5, 5.41) is 2.01. The second-order valence-electron chi connectivity index (χ2n) is 3.92. The minimum atomic E-state index is -0.763. The van der Waals surface area contributed by atoms with Crippen molar-refractivity contribution >= 4 is 10.2 Å². The van der Waals surface area contributed by atoms with Crippen LogP contribution in [0.3, 0.4) is 0 Å². The van der Waals surface area contributed by atoms with Crippen LogP contribution >= 0.6 is 10.2 Å². The van der Waals surface area contributed by atoms with Crippen LogP contribution in [0.1, 0.15) is 20.8 Å². The smallest absolute Gasteiger partial charge is 0.0186 e. The summed E-state index contributed by atoms with van der Waals surface area (Å²) in [5.74, 6) is 0. The topological polar surface area (TPSA) is 12.0 Å². The van der Waals surface area contributed by atoms with Gasteiger partial charge in [0.25, 0.3) is 0 Å². The Kier molecular flexibility index (Phi) is 2.99. The zero-order valence-electron chi connectivity index (χ0n) is 7.69. The summed E-state index contributed by atoms with van der Waals surface area (Å²) in [6, 6.07) is 0. The van der Waals surface area contributed by atoms with Gasteiger partial charge in [-0.15, -0.1) is 0 Å². The lowest BCUT2D eigenvalue weighted by molar-refractivity contribution is 0.532. The van der Waals surface area contributed by atoms with E-state index in [9.17, 15) is 0 Å². The van der Waals surface area contributed by atoms with Crippen molar-refractivity contribution in [2.45, 2.75) is 26.3 Å². The standard InChI is InChI=1S/C8H19NS/c1-7-10(5,6)9-8(2,3)4/h7,9H,1H2,2-6H3. The van der Waals surface area contributed by atoms with E-state index in [1.165, 1.54) is 0 Å². The van der Waals surface area contributed by atoms with E-state index in [0.29, 0.717) is 0 Å². The van der Waals surface area contributed by atoms with Gasteiger partial charge in [-0.2, -0.15) is 10.2 Å². The first-order valence-corrected chi connectivity index (χ1v) is 5.93. The Balaban J connectivity index is 4.01. The third-order valence-corrected chi connectivity index (χ3v) is 2.96. The van der Waals surface area contributed by atoms with Crippen LogP contribution in [-0.2, 0) is 0 Å². The molecule has 1 N–H and O–H groups in total. The number of nitrogens with one attached hydrogen (secondary N) is 1. The molecule has 0 aliphatic heterocycles. The van der Waals surface area contributed by atoms with Crippen molar-refractivity contribution in [2.24, 2.45) is 0 Å². The molecule has 0 heterocycles. The van der Waals surface area contributed by atoms with Crippen molar-refractivity contribution in [1.29, 1.82) is 0 Å². The van der Waals surface area contributed by atoms with Crippen molar-refractivity contribution < 1.29 is 0 Å². The lowest BCUT2D eigenvalue weighted by Gasteiger charge is -2.36. The van der Waals surface area contributed by atoms with Gasteiger partial charge in [-0.3, -0.25) is 4.72 Å². The Hall–Kier alpha value is 0.0500. The van der Waals surface area contributed by atoms with Crippen molar-refractivity contribution in [3.63, 3.8) is 0 Å². The maximum Gasteiger partial charge on any atom is 0.0186 e. The SMILES string of the molecule is C=CS(C)(C)NC(C)(C)C. The number of hydrogen-bond acceptors (Lipinski definition) is 1. The molecule has 0 aliphatic rings. The van der Waals surface area contributed by atoms with Crippen LogP contribution in [0.2, 0.25) is 0 Å². The van der Waals surface area contributed by atoms with Crippen molar-refractivity contribution in [2.75, 3.05) is 12.5 Å². The minimum absolute atomic E-state index is 0.201. The van der Waals surface area contributed by atoms with Gasteiger partial charge in [0.1, 0.15) is 0 Å². The quantitative estimate of drug-likeness (QED) is 0.656. The summed E-state index contributed by atoms with van der Waals surface area (Å²) in [5.41, 5.74) is 0.201. The Morgan fingerprint density at radius 3 is 1.80 bits per heavy atom. The summed E-state index contributed by atoms with van der Waals surface area (Å²) in [6.07, 6.45) is 4.40. The van der Waals surface area contributed by atoms with E-state index < -0.39 is 10.2 Å². The largest absolute Gasteiger partial charge is 0.273 e. The Bertz CT molecular complexity index is 122. The normalized spacial score (nSPS) is 14.9. The molecule has 0 saturated heterocycles. The van der Waals surface area contributed by atoms with Crippen LogP contribution in [0.15, 0.2) is 12.0 Å². The molecule has 0 unspecified atom stereocenters. The molecule has 0 saturated carbocycles. The third-order valence-electron chi connectivity index (χ3n) is 0.986. The molecule has 0 radical (unpaired) electrons. The first-order chi connectivity index (χ1) is 4.27. The summed E-state index contributed by atoms with van der Waals surface area (Å²) in [6.45, 7) is 10.3. The average Bonchev–Trinajstić information content (AvgIpc) is 1.60. The molecule has 10 heavy (non-hydrogen) atoms. The van der Waals surface area contributed by atoms with E-state index in [4.69, 9.17) is 0 Å². The fraction of sp³-hybridized carbons (Fsp3) is 0.750. The fourth-order valence-electron chi connectivity index (χ4n) is 0.831. The lowest BCUT2D eigenvalue weighted by Crippen LogP contribution is -2.36. The molecule has 2 heteroatoms. The molecule has 0 aromatic carbocycles. The van der Waals surface area contributed by atoms with Gasteiger partial charge >= 0.3 is 0 Å². The van der Waals surface area contributed by atoms with E-state index >= 15 is 0 Å². The van der Waals surface area contributed by atoms with Gasteiger partial charge in [0.2, 0.25) is 0 Å². The maximum absolute atomic E-state index is 3.79. The van der Waals surface area contributed by atoms with Crippen LogP contribution in [0, 0.1) is 0 Å². The molecule has 0 aromatic rings. The molecule has 0 atom stereocenters. The van der Waals surface area contributed by atoms with Gasteiger partial charge in [0.15, 0.2) is 0 Å². The third kappa shape index (κ3) is 4.89. The van der Waals surface area contributed by atoms with E-state index in [1.807, 2.05) is 5.41 Å². The molecule has 62 valence electrons. The van der Waals surface area contributed by atoms with Crippen LogP contribution in [-0.4, -0.2) is 18.1 Å². The molecule has 0 rings (SSSR count). The predicted octanol–water partition coefficient (Wildman–Crippen LogP) is 2.50. The van der Waals surface area contributed by atoms with Gasteiger partial charge in [-0.05, 0) is 38.7 Å². The highest BCUT2D eigenvalue weighted by atomic mass is 32.3. The van der Waals surface area contributed by atoms with Crippen molar-refractivity contribution in [3.05, 3.63) is 12.0 Å². The Morgan fingerprint density at radius 1 is 1.30 bits per heavy atom. The summed E-state index contributed by atoms with van der Waals surface area (Å²) in [4.78, 5) is 0. The van der Waals surface area contributed by atoms with E-state index in [0.717, 1.165) is 0 Å². The number of rotatable bonds is 2. The van der Waals surface area contributed by atoms with Gasteiger partial charge in [0, 0.05) is 5.54 Å². The fourth-order valence-corrected chi connectivity index (χ4v) is 2.49. The monoisotopic (exact) mass is 161 g/mol. The second-order valence-corrected chi connectivity index (χ2v) is 7.27. The highest BCUT2D eigenvalue weighted by Crippen LogP contribution is 2.37. The predicted molar refractivity (Wildman–Crippen MR) is 52.5 cm³/mol. The molecule has 0 amide bonds. The molecule has 0 fully saturated rings. The average molecular weight is 161 g/mol. The van der Waals surface area contributed by atoms with Crippen molar-refractivity contribution in [1.82, 2.24) is 4.72 Å². The van der Waals surface area contributed by atoms with Crippen LogP contribution in [0.5, 0.6) is 0 Å². The zero-order chi connectivity index (χ0) is 8.41. The Labute approximate surface area is 66.3 Å². The first-order valence-electron chi connectivity index (χ1n) is 3.41. The van der Waals surface area contributed by atoms with Gasteiger partial charge in [-0.1, -0.05) is 6.58 Å². The number of hydrogen-bond donors (Lipinski definition) is 1. The van der Waals surface area contributed by atoms with Crippen LogP contribution in [0.25, 0.3) is 0 Å². The van der Waals surface area contributed by atoms with E-state index in [1.54, 1.807) is 0 Å². The molecular formula is C8H19NS. The van der Waals surface area contributed by atoms with E-state index in [-0.39, 0.29) is 5.54 Å². The summed E-state index contributed by atoms with van der Waals surface area (Å²) < 4.78 is 3.51. The van der Waals surface area contributed by atoms with Crippen LogP contribution < -0.4 is 4.72 Å². The minimum Gasteiger partial charge on any atom is -0.273 e. The molecule has 0 aromatic heterocycles. The lowest BCUT2D eigenvalue weighted by atomic mass is 10.1. The first kappa shape index (κ1) is 10.0. The van der Waals surface area contributed by atoms with E-state index in [2.05, 4.69) is 44.6 Å². The Morgan fingerprint density at radius 2 is 1.70 bits per heavy atom. The second kappa shape index (κ2) is 2.97. The van der Waals surface area contributed by atoms with Crippen LogP contribution in [0.4, 0.5) is 0 Å². The van der Waals surface area contributed by atoms with Gasteiger partial charge in [0.05, 0.1) is 0 Å². The maximum atomic E-state index is 3.79. The molecule has 1 nitrogen and oxygen atoms in total. The molecule has 0 aliphatic carbocycles. The summed E-state index contributed by atoms with van der Waals surface area (Å²) in [7, 11) is -0.763. The molecule has 0 bridgehead atoms. The van der Waals surface area contributed by atoms with Gasteiger partial charge in [-0.25, -0.2) is 0 Å². The molecule has 0 spiro atoms. The summed E-state index contributed by atoms with van der Waals surface area (Å²) >= 11 is 0.